The Balaban J connectivity index is 1.63. The van der Waals surface area contributed by atoms with Crippen LogP contribution in [0.25, 0.3) is 0 Å². The third kappa shape index (κ3) is 2.93. The summed E-state index contributed by atoms with van der Waals surface area (Å²) in [5, 5.41) is 2.81. The van der Waals surface area contributed by atoms with Gasteiger partial charge in [0.05, 0.1) is 12.2 Å². The van der Waals surface area contributed by atoms with Gasteiger partial charge in [-0.25, -0.2) is 9.97 Å². The van der Waals surface area contributed by atoms with Crippen molar-refractivity contribution in [3.8, 4) is 0 Å². The molecule has 0 spiro atoms. The maximum absolute atomic E-state index is 11.8. The largest absolute Gasteiger partial charge is 0.345 e. The normalized spacial score (nSPS) is 14.1. The van der Waals surface area contributed by atoms with Crippen molar-refractivity contribution in [1.29, 1.82) is 0 Å². The Hall–Kier alpha value is -2.30. The first-order valence-corrected chi connectivity index (χ1v) is 6.33. The Bertz CT molecular complexity index is 581. The smallest absolute Gasteiger partial charge is 0.270 e. The monoisotopic (exact) mass is 254 g/mol. The quantitative estimate of drug-likeness (QED) is 0.901. The lowest BCUT2D eigenvalue weighted by Gasteiger charge is -2.05. The highest BCUT2D eigenvalue weighted by Gasteiger charge is 2.25. The lowest BCUT2D eigenvalue weighted by atomic mass is 10.2. The van der Waals surface area contributed by atoms with Gasteiger partial charge in [0.15, 0.2) is 0 Å². The average molecular weight is 254 g/mol. The molecule has 1 aliphatic carbocycles. The minimum absolute atomic E-state index is 0.188. The Morgan fingerprint density at radius 1 is 1.26 bits per heavy atom. The van der Waals surface area contributed by atoms with Gasteiger partial charge >= 0.3 is 0 Å². The molecule has 0 radical (unpaired) electrons. The van der Waals surface area contributed by atoms with Gasteiger partial charge in [-0.05, 0) is 31.0 Å². The fourth-order valence-corrected chi connectivity index (χ4v) is 1.87. The number of amides is 1. The van der Waals surface area contributed by atoms with E-state index in [-0.39, 0.29) is 5.91 Å². The molecule has 2 aromatic rings. The number of pyridine rings is 1. The second-order valence-corrected chi connectivity index (χ2v) is 4.61. The van der Waals surface area contributed by atoms with E-state index in [0.29, 0.717) is 18.2 Å². The molecule has 0 aromatic carbocycles. The molecule has 1 amide bonds. The van der Waals surface area contributed by atoms with Gasteiger partial charge in [0.2, 0.25) is 0 Å². The molecular weight excluding hydrogens is 240 g/mol. The number of carbonyl (C=O) groups is 1. The molecule has 96 valence electrons. The summed E-state index contributed by atoms with van der Waals surface area (Å²) < 4.78 is 0. The summed E-state index contributed by atoms with van der Waals surface area (Å²) in [5.74, 6) is 0.403. The molecule has 0 saturated heterocycles. The second-order valence-electron chi connectivity index (χ2n) is 4.61. The van der Waals surface area contributed by atoms with Crippen molar-refractivity contribution >= 4 is 5.91 Å². The first kappa shape index (κ1) is 11.8. The van der Waals surface area contributed by atoms with Gasteiger partial charge in [-0.2, -0.15) is 0 Å². The molecule has 0 aliphatic heterocycles. The molecule has 2 aromatic heterocycles. The lowest BCUT2D eigenvalue weighted by Crippen LogP contribution is -2.24. The van der Waals surface area contributed by atoms with Crippen LogP contribution in [0.15, 0.2) is 36.8 Å². The summed E-state index contributed by atoms with van der Waals surface area (Å²) in [4.78, 5) is 24.3. The van der Waals surface area contributed by atoms with E-state index in [0.717, 1.165) is 11.4 Å². The Labute approximate surface area is 111 Å². The van der Waals surface area contributed by atoms with Crippen LogP contribution in [-0.2, 0) is 6.54 Å². The van der Waals surface area contributed by atoms with E-state index < -0.39 is 0 Å². The third-order valence-corrected chi connectivity index (χ3v) is 3.07. The number of hydrogen-bond donors (Lipinski definition) is 1. The molecule has 1 fully saturated rings. The molecule has 19 heavy (non-hydrogen) atoms. The predicted octanol–water partition coefficient (Wildman–Crippen LogP) is 1.68. The van der Waals surface area contributed by atoms with Crippen LogP contribution in [0, 0.1) is 0 Å². The average Bonchev–Trinajstić information content (AvgIpc) is 3.31. The summed E-state index contributed by atoms with van der Waals surface area (Å²) in [6.45, 7) is 0.400. The Kier molecular flexibility index (Phi) is 3.18. The van der Waals surface area contributed by atoms with Gasteiger partial charge in [-0.15, -0.1) is 0 Å². The van der Waals surface area contributed by atoms with Gasteiger partial charge in [0.1, 0.15) is 12.0 Å². The highest BCUT2D eigenvalue weighted by atomic mass is 16.1. The zero-order chi connectivity index (χ0) is 13.1. The number of nitrogens with zero attached hydrogens (tertiary/aromatic N) is 3. The highest BCUT2D eigenvalue weighted by molar-refractivity contribution is 5.92. The van der Waals surface area contributed by atoms with Crippen LogP contribution in [0.1, 0.15) is 40.6 Å². The fourth-order valence-electron chi connectivity index (χ4n) is 1.87. The highest BCUT2D eigenvalue weighted by Crippen LogP contribution is 2.38. The van der Waals surface area contributed by atoms with Gasteiger partial charge in [0.25, 0.3) is 5.91 Å². The summed E-state index contributed by atoms with van der Waals surface area (Å²) >= 11 is 0. The van der Waals surface area contributed by atoms with E-state index in [1.807, 2.05) is 6.07 Å². The van der Waals surface area contributed by atoms with Crippen molar-refractivity contribution in [2.75, 3.05) is 0 Å². The molecule has 0 atom stereocenters. The van der Waals surface area contributed by atoms with E-state index in [1.54, 1.807) is 30.7 Å². The molecule has 5 nitrogen and oxygen atoms in total. The molecule has 5 heteroatoms. The van der Waals surface area contributed by atoms with Gasteiger partial charge in [0, 0.05) is 17.8 Å². The predicted molar refractivity (Wildman–Crippen MR) is 69.4 cm³/mol. The molecule has 1 aliphatic rings. The van der Waals surface area contributed by atoms with Crippen LogP contribution >= 0.6 is 0 Å². The van der Waals surface area contributed by atoms with Crippen LogP contribution in [0.5, 0.6) is 0 Å². The first-order valence-electron chi connectivity index (χ1n) is 6.33. The standard InChI is InChI=1S/C14H14N4O/c19-14(12-3-1-2-6-15-12)16-8-11-7-13(10-4-5-10)18-9-17-11/h1-3,6-7,9-10H,4-5,8H2,(H,16,19). The SMILES string of the molecule is O=C(NCc1cc(C2CC2)ncn1)c1ccccn1. The van der Waals surface area contributed by atoms with Gasteiger partial charge in [-0.3, -0.25) is 9.78 Å². The van der Waals surface area contributed by atoms with Crippen LogP contribution in [0.2, 0.25) is 0 Å². The van der Waals surface area contributed by atoms with Crippen LogP contribution < -0.4 is 5.32 Å². The molecule has 0 unspecified atom stereocenters. The summed E-state index contributed by atoms with van der Waals surface area (Å²) in [5.41, 5.74) is 2.33. The van der Waals surface area contributed by atoms with E-state index in [1.165, 1.54) is 12.8 Å². The van der Waals surface area contributed by atoms with E-state index in [4.69, 9.17) is 0 Å². The van der Waals surface area contributed by atoms with E-state index in [2.05, 4.69) is 20.3 Å². The summed E-state index contributed by atoms with van der Waals surface area (Å²) in [6, 6.07) is 7.22. The van der Waals surface area contributed by atoms with Crippen molar-refractivity contribution in [2.45, 2.75) is 25.3 Å². The van der Waals surface area contributed by atoms with Crippen LogP contribution in [0.3, 0.4) is 0 Å². The molecule has 1 saturated carbocycles. The Morgan fingerprint density at radius 2 is 2.16 bits per heavy atom. The lowest BCUT2D eigenvalue weighted by molar-refractivity contribution is 0.0945. The fraction of sp³-hybridized carbons (Fsp3) is 0.286. The molecule has 1 N–H and O–H groups in total. The summed E-state index contributed by atoms with van der Waals surface area (Å²) in [7, 11) is 0. The molecular formula is C14H14N4O. The number of rotatable bonds is 4. The topological polar surface area (TPSA) is 67.8 Å². The van der Waals surface area contributed by atoms with Crippen molar-refractivity contribution in [3.63, 3.8) is 0 Å². The molecule has 0 bridgehead atoms. The number of hydrogen-bond acceptors (Lipinski definition) is 4. The molecule has 2 heterocycles. The van der Waals surface area contributed by atoms with Crippen molar-refractivity contribution in [1.82, 2.24) is 20.3 Å². The number of carbonyl (C=O) groups excluding carboxylic acids is 1. The van der Waals surface area contributed by atoms with Crippen molar-refractivity contribution in [3.05, 3.63) is 53.9 Å². The zero-order valence-corrected chi connectivity index (χ0v) is 10.4. The molecule has 3 rings (SSSR count). The third-order valence-electron chi connectivity index (χ3n) is 3.07. The summed E-state index contributed by atoms with van der Waals surface area (Å²) in [6.07, 6.45) is 5.58. The Morgan fingerprint density at radius 3 is 2.89 bits per heavy atom. The van der Waals surface area contributed by atoms with Crippen molar-refractivity contribution in [2.24, 2.45) is 0 Å². The zero-order valence-electron chi connectivity index (χ0n) is 10.4. The van der Waals surface area contributed by atoms with Crippen LogP contribution in [-0.4, -0.2) is 20.9 Å². The number of nitrogens with one attached hydrogen (secondary N) is 1. The van der Waals surface area contributed by atoms with Gasteiger partial charge < -0.3 is 5.32 Å². The first-order chi connectivity index (χ1) is 9.33. The minimum Gasteiger partial charge on any atom is -0.345 e. The maximum Gasteiger partial charge on any atom is 0.270 e. The van der Waals surface area contributed by atoms with E-state index in [9.17, 15) is 4.79 Å². The minimum atomic E-state index is -0.188. The maximum atomic E-state index is 11.8. The van der Waals surface area contributed by atoms with Gasteiger partial charge in [-0.1, -0.05) is 6.07 Å². The second kappa shape index (κ2) is 5.14. The van der Waals surface area contributed by atoms with Crippen molar-refractivity contribution < 1.29 is 4.79 Å². The van der Waals surface area contributed by atoms with E-state index >= 15 is 0 Å². The van der Waals surface area contributed by atoms with Crippen LogP contribution in [0.4, 0.5) is 0 Å². The number of aromatic nitrogens is 3.